The van der Waals surface area contributed by atoms with Crippen LogP contribution in [0, 0.1) is 5.41 Å². The van der Waals surface area contributed by atoms with Gasteiger partial charge in [-0.05, 0) is 31.3 Å². The van der Waals surface area contributed by atoms with E-state index in [-0.39, 0.29) is 11.4 Å². The third-order valence-electron chi connectivity index (χ3n) is 6.52. The highest BCUT2D eigenvalue weighted by molar-refractivity contribution is 6.02. The molecule has 0 fully saturated rings. The predicted molar refractivity (Wildman–Crippen MR) is 161 cm³/mol. The second kappa shape index (κ2) is 14.7. The van der Waals surface area contributed by atoms with Crippen molar-refractivity contribution in [2.45, 2.75) is 20.5 Å². The van der Waals surface area contributed by atoms with Gasteiger partial charge >= 0.3 is 6.61 Å². The first kappa shape index (κ1) is 31.0. The Bertz CT molecular complexity index is 1360. The molecule has 1 heterocycles. The molecule has 3 aromatic rings. The number of rotatable bonds is 15. The third-order valence-corrected chi connectivity index (χ3v) is 6.52. The number of nitrogens with one attached hydrogen (secondary N) is 4. The van der Waals surface area contributed by atoms with Crippen LogP contribution in [0.4, 0.5) is 37.3 Å². The number of hydrogen-bond donors (Lipinski definition) is 4. The molecular weight excluding hydrogens is 530 g/mol. The van der Waals surface area contributed by atoms with E-state index < -0.39 is 12.5 Å². The van der Waals surface area contributed by atoms with Crippen molar-refractivity contribution in [3.05, 3.63) is 60.9 Å². The molecule has 12 heteroatoms. The molecule has 0 bridgehead atoms. The van der Waals surface area contributed by atoms with Crippen LogP contribution in [0.1, 0.15) is 19.4 Å². The van der Waals surface area contributed by atoms with Crippen molar-refractivity contribution < 1.29 is 18.3 Å². The average molecular weight is 567 g/mol. The Morgan fingerprint density at radius 3 is 2.49 bits per heavy atom. The molecule has 41 heavy (non-hydrogen) atoms. The van der Waals surface area contributed by atoms with Crippen molar-refractivity contribution in [3.8, 4) is 17.0 Å². The first-order chi connectivity index (χ1) is 19.7. The molecular formula is C29H36F2N8O2. The minimum absolute atomic E-state index is 0.116. The molecule has 3 rings (SSSR count). The zero-order valence-electron chi connectivity index (χ0n) is 23.7. The van der Waals surface area contributed by atoms with Crippen molar-refractivity contribution in [1.29, 1.82) is 5.41 Å². The Balaban J connectivity index is 2.02. The summed E-state index contributed by atoms with van der Waals surface area (Å²) in [6.07, 6.45) is 3.74. The van der Waals surface area contributed by atoms with Crippen molar-refractivity contribution in [2.75, 3.05) is 61.1 Å². The number of anilines is 5. The smallest absolute Gasteiger partial charge is 0.387 e. The van der Waals surface area contributed by atoms with Crippen molar-refractivity contribution in [2.24, 2.45) is 0 Å². The van der Waals surface area contributed by atoms with Gasteiger partial charge in [-0.2, -0.15) is 8.78 Å². The van der Waals surface area contributed by atoms with E-state index >= 15 is 0 Å². The van der Waals surface area contributed by atoms with Gasteiger partial charge in [-0.3, -0.25) is 4.79 Å². The molecule has 0 saturated heterocycles. The van der Waals surface area contributed by atoms with Gasteiger partial charge < -0.3 is 35.9 Å². The zero-order valence-corrected chi connectivity index (χ0v) is 23.7. The molecule has 10 nitrogen and oxygen atoms in total. The van der Waals surface area contributed by atoms with Crippen LogP contribution in [-0.4, -0.2) is 73.9 Å². The average Bonchev–Trinajstić information content (AvgIpc) is 2.98. The van der Waals surface area contributed by atoms with Gasteiger partial charge in [0.15, 0.2) is 5.75 Å². The highest BCUT2D eigenvalue weighted by atomic mass is 19.3. The first-order valence-corrected chi connectivity index (χ1v) is 13.1. The number of aromatic nitrogens is 2. The Hall–Kier alpha value is -4.58. The standard InChI is InChI=1S/C29H36F2N8O2/c1-6-28(40)37-23-14-24(26(41-29(30)31)16-25(23)38(5)11-12-39(7-2)8-3)36-27-15-22(34-18-35-27)19-9-10-20(17-32)21(13-19)33-4/h6,9-10,13-18,29,32-33H,1,7-8,11-12H2,2-5H3,(H,37,40)(H,34,35,36). The first-order valence-electron chi connectivity index (χ1n) is 13.1. The molecule has 0 aliphatic rings. The number of ether oxygens (including phenoxy) is 1. The number of likely N-dealkylation sites (N-methyl/N-ethyl adjacent to an activating group) is 2. The lowest BCUT2D eigenvalue weighted by atomic mass is 10.1. The Labute approximate surface area is 239 Å². The highest BCUT2D eigenvalue weighted by Crippen LogP contribution is 2.39. The number of hydrogen-bond acceptors (Lipinski definition) is 9. The fraction of sp³-hybridized carbons (Fsp3) is 0.310. The summed E-state index contributed by atoms with van der Waals surface area (Å²) in [6, 6.07) is 10.1. The monoisotopic (exact) mass is 566 g/mol. The van der Waals surface area contributed by atoms with Gasteiger partial charge in [0, 0.05) is 62.3 Å². The van der Waals surface area contributed by atoms with Crippen LogP contribution in [-0.2, 0) is 4.79 Å². The van der Waals surface area contributed by atoms with E-state index in [0.717, 1.165) is 37.0 Å². The van der Waals surface area contributed by atoms with Gasteiger partial charge in [0.05, 0.1) is 22.8 Å². The van der Waals surface area contributed by atoms with E-state index in [1.165, 1.54) is 24.7 Å². The van der Waals surface area contributed by atoms with Crippen LogP contribution >= 0.6 is 0 Å². The topological polar surface area (TPSA) is 118 Å². The Kier molecular flexibility index (Phi) is 11.1. The lowest BCUT2D eigenvalue weighted by Gasteiger charge is -2.27. The summed E-state index contributed by atoms with van der Waals surface area (Å²) in [6.45, 7) is 7.64. The van der Waals surface area contributed by atoms with E-state index in [1.54, 1.807) is 19.2 Å². The largest absolute Gasteiger partial charge is 0.433 e. The van der Waals surface area contributed by atoms with Gasteiger partial charge in [-0.25, -0.2) is 9.97 Å². The fourth-order valence-corrected chi connectivity index (χ4v) is 4.19. The normalized spacial score (nSPS) is 10.8. The molecule has 0 unspecified atom stereocenters. The summed E-state index contributed by atoms with van der Waals surface area (Å²) in [4.78, 5) is 25.0. The highest BCUT2D eigenvalue weighted by Gasteiger charge is 2.19. The van der Waals surface area contributed by atoms with Crippen LogP contribution in [0.15, 0.2) is 55.4 Å². The number of halogens is 2. The molecule has 2 aromatic carbocycles. The second-order valence-electron chi connectivity index (χ2n) is 9.00. The number of alkyl halides is 2. The minimum atomic E-state index is -3.08. The molecule has 0 radical (unpaired) electrons. The second-order valence-corrected chi connectivity index (χ2v) is 9.00. The maximum atomic E-state index is 13.5. The van der Waals surface area contributed by atoms with E-state index in [0.29, 0.717) is 35.0 Å². The summed E-state index contributed by atoms with van der Waals surface area (Å²) in [5, 5.41) is 16.4. The van der Waals surface area contributed by atoms with Crippen LogP contribution in [0.5, 0.6) is 5.75 Å². The molecule has 0 aliphatic carbocycles. The van der Waals surface area contributed by atoms with Gasteiger partial charge in [-0.1, -0.05) is 32.6 Å². The van der Waals surface area contributed by atoms with Gasteiger partial charge in [-0.15, -0.1) is 0 Å². The van der Waals surface area contributed by atoms with Crippen LogP contribution in [0.25, 0.3) is 11.3 Å². The number of amides is 1. The van der Waals surface area contributed by atoms with E-state index in [4.69, 9.17) is 10.1 Å². The summed E-state index contributed by atoms with van der Waals surface area (Å²) in [5.74, 6) is -0.246. The Morgan fingerprint density at radius 2 is 1.85 bits per heavy atom. The molecule has 0 spiro atoms. The molecule has 0 aliphatic heterocycles. The number of nitrogens with zero attached hydrogens (tertiary/aromatic N) is 4. The summed E-state index contributed by atoms with van der Waals surface area (Å²) >= 11 is 0. The summed E-state index contributed by atoms with van der Waals surface area (Å²) in [7, 11) is 3.58. The molecule has 1 aromatic heterocycles. The number of carbonyl (C=O) groups excluding carboxylic acids is 1. The number of carbonyl (C=O) groups is 1. The third kappa shape index (κ3) is 8.21. The SMILES string of the molecule is C=CC(=O)Nc1cc(Nc2cc(-c3ccc(C=N)c(NC)c3)ncn2)c(OC(F)F)cc1N(C)CCN(CC)CC. The van der Waals surface area contributed by atoms with E-state index in [9.17, 15) is 13.6 Å². The Morgan fingerprint density at radius 1 is 1.10 bits per heavy atom. The van der Waals surface area contributed by atoms with Crippen LogP contribution in [0.3, 0.4) is 0 Å². The lowest BCUT2D eigenvalue weighted by Crippen LogP contribution is -2.33. The quantitative estimate of drug-likeness (QED) is 0.142. The van der Waals surface area contributed by atoms with Crippen LogP contribution < -0.4 is 25.6 Å². The molecule has 218 valence electrons. The van der Waals surface area contributed by atoms with Crippen molar-refractivity contribution in [1.82, 2.24) is 14.9 Å². The lowest BCUT2D eigenvalue weighted by molar-refractivity contribution is -0.111. The van der Waals surface area contributed by atoms with Gasteiger partial charge in [0.1, 0.15) is 12.1 Å². The maximum Gasteiger partial charge on any atom is 0.387 e. The number of benzene rings is 2. The molecule has 1 amide bonds. The van der Waals surface area contributed by atoms with Crippen molar-refractivity contribution >= 4 is 40.7 Å². The fourth-order valence-electron chi connectivity index (χ4n) is 4.19. The van der Waals surface area contributed by atoms with E-state index in [1.807, 2.05) is 24.1 Å². The van der Waals surface area contributed by atoms with E-state index in [2.05, 4.69) is 51.2 Å². The van der Waals surface area contributed by atoms with Crippen LogP contribution in [0.2, 0.25) is 0 Å². The zero-order chi connectivity index (χ0) is 29.9. The van der Waals surface area contributed by atoms with Gasteiger partial charge in [0.25, 0.3) is 0 Å². The summed E-state index contributed by atoms with van der Waals surface area (Å²) in [5.41, 5.74) is 3.86. The predicted octanol–water partition coefficient (Wildman–Crippen LogP) is 5.43. The molecule has 0 atom stereocenters. The molecule has 0 saturated carbocycles. The maximum absolute atomic E-state index is 13.5. The van der Waals surface area contributed by atoms with Crippen molar-refractivity contribution in [3.63, 3.8) is 0 Å². The minimum Gasteiger partial charge on any atom is -0.433 e. The molecule has 4 N–H and O–H groups in total. The summed E-state index contributed by atoms with van der Waals surface area (Å²) < 4.78 is 31.9. The van der Waals surface area contributed by atoms with Gasteiger partial charge in [0.2, 0.25) is 5.91 Å².